The van der Waals surface area contributed by atoms with Crippen LogP contribution < -0.4 is 10.3 Å². The molecular formula is C20H26F2N2O2. The van der Waals surface area contributed by atoms with Crippen LogP contribution in [0.1, 0.15) is 37.3 Å². The molecule has 6 heteroatoms. The van der Waals surface area contributed by atoms with E-state index in [1.54, 1.807) is 6.20 Å². The van der Waals surface area contributed by atoms with Gasteiger partial charge in [-0.1, -0.05) is 0 Å². The Labute approximate surface area is 152 Å². The lowest BCUT2D eigenvalue weighted by atomic mass is 10.0. The highest BCUT2D eigenvalue weighted by molar-refractivity contribution is 5.86. The molecule has 2 aromatic rings. The molecule has 1 aromatic carbocycles. The summed E-state index contributed by atoms with van der Waals surface area (Å²) in [6.07, 6.45) is 3.33. The molecule has 1 aliphatic rings. The van der Waals surface area contributed by atoms with Gasteiger partial charge in [0, 0.05) is 37.6 Å². The minimum Gasteiger partial charge on any atom is -0.490 e. The van der Waals surface area contributed by atoms with Gasteiger partial charge in [-0.3, -0.25) is 4.79 Å². The highest BCUT2D eigenvalue weighted by atomic mass is 19.3. The highest BCUT2D eigenvalue weighted by Gasteiger charge is 2.25. The number of hydrogen-bond donors (Lipinski definition) is 1. The summed E-state index contributed by atoms with van der Waals surface area (Å²) < 4.78 is 32.2. The predicted octanol–water partition coefficient (Wildman–Crippen LogP) is 4.03. The van der Waals surface area contributed by atoms with Crippen molar-refractivity contribution in [3.8, 4) is 5.75 Å². The van der Waals surface area contributed by atoms with Gasteiger partial charge in [0.05, 0.1) is 0 Å². The Morgan fingerprint density at radius 3 is 2.54 bits per heavy atom. The summed E-state index contributed by atoms with van der Waals surface area (Å²) >= 11 is 0. The molecule has 0 radical (unpaired) electrons. The van der Waals surface area contributed by atoms with E-state index >= 15 is 0 Å². The lowest BCUT2D eigenvalue weighted by molar-refractivity contribution is -0.00223. The first-order chi connectivity index (χ1) is 12.2. The molecule has 1 N–H and O–H groups in total. The van der Waals surface area contributed by atoms with Gasteiger partial charge in [-0.05, 0) is 62.3 Å². The molecule has 1 aromatic heterocycles. The summed E-state index contributed by atoms with van der Waals surface area (Å²) in [5, 5.41) is 1.57. The van der Waals surface area contributed by atoms with Gasteiger partial charge in [0.2, 0.25) is 5.92 Å². The quantitative estimate of drug-likeness (QED) is 0.871. The second kappa shape index (κ2) is 7.35. The highest BCUT2D eigenvalue weighted by Crippen LogP contribution is 2.28. The fourth-order valence-electron chi connectivity index (χ4n) is 3.44. The van der Waals surface area contributed by atoms with Crippen LogP contribution in [0, 0.1) is 13.8 Å². The molecule has 142 valence electrons. The van der Waals surface area contributed by atoms with Crippen LogP contribution in [0.25, 0.3) is 10.8 Å². The molecule has 0 saturated carbocycles. The number of ether oxygens (including phenoxy) is 1. The van der Waals surface area contributed by atoms with Crippen LogP contribution in [-0.4, -0.2) is 41.5 Å². The minimum atomic E-state index is -2.61. The van der Waals surface area contributed by atoms with Crippen molar-refractivity contribution in [2.75, 3.05) is 19.6 Å². The van der Waals surface area contributed by atoms with Gasteiger partial charge in [0.1, 0.15) is 11.9 Å². The van der Waals surface area contributed by atoms with Gasteiger partial charge in [-0.25, -0.2) is 8.78 Å². The Morgan fingerprint density at radius 2 is 1.88 bits per heavy atom. The van der Waals surface area contributed by atoms with Crippen molar-refractivity contribution in [2.24, 2.45) is 0 Å². The fourth-order valence-corrected chi connectivity index (χ4v) is 3.44. The van der Waals surface area contributed by atoms with E-state index in [-0.39, 0.29) is 18.1 Å². The number of fused-ring (bicyclic) bond motifs is 1. The van der Waals surface area contributed by atoms with Gasteiger partial charge >= 0.3 is 0 Å². The summed E-state index contributed by atoms with van der Waals surface area (Å²) in [4.78, 5) is 16.8. The Balaban J connectivity index is 1.66. The predicted molar refractivity (Wildman–Crippen MR) is 99.4 cm³/mol. The van der Waals surface area contributed by atoms with Crippen LogP contribution in [-0.2, 0) is 0 Å². The molecular weight excluding hydrogens is 338 g/mol. The molecule has 0 atom stereocenters. The number of nitrogens with zero attached hydrogens (tertiary/aromatic N) is 1. The van der Waals surface area contributed by atoms with Crippen molar-refractivity contribution in [3.63, 3.8) is 0 Å². The number of hydrogen-bond acceptors (Lipinski definition) is 3. The molecule has 0 unspecified atom stereocenters. The smallest absolute Gasteiger partial charge is 0.255 e. The number of piperidine rings is 1. The number of rotatable bonds is 5. The molecule has 3 rings (SSSR count). The number of H-pyrrole nitrogens is 1. The first kappa shape index (κ1) is 18.8. The maximum Gasteiger partial charge on any atom is 0.255 e. The van der Waals surface area contributed by atoms with Crippen molar-refractivity contribution in [2.45, 2.75) is 52.1 Å². The SMILES string of the molecule is Cc1cc2c(=O)[nH]cc(C)c2cc1OC1CCN(CCC(C)(F)F)CC1. The van der Waals surface area contributed by atoms with Gasteiger partial charge in [0.15, 0.2) is 0 Å². The number of likely N-dealkylation sites (tertiary alicyclic amines) is 1. The van der Waals surface area contributed by atoms with Gasteiger partial charge in [-0.2, -0.15) is 0 Å². The zero-order valence-electron chi connectivity index (χ0n) is 15.6. The molecule has 4 nitrogen and oxygen atoms in total. The number of benzene rings is 1. The molecule has 1 fully saturated rings. The number of halogens is 2. The normalized spacial score (nSPS) is 17.0. The van der Waals surface area contributed by atoms with E-state index in [1.807, 2.05) is 26.0 Å². The van der Waals surface area contributed by atoms with Crippen LogP contribution in [0.5, 0.6) is 5.75 Å². The Bertz CT molecular complexity index is 834. The topological polar surface area (TPSA) is 45.3 Å². The summed E-state index contributed by atoms with van der Waals surface area (Å²) in [6.45, 7) is 6.83. The Hall–Kier alpha value is -1.95. The van der Waals surface area contributed by atoms with Crippen molar-refractivity contribution in [1.29, 1.82) is 0 Å². The molecule has 0 spiro atoms. The van der Waals surface area contributed by atoms with E-state index < -0.39 is 5.92 Å². The van der Waals surface area contributed by atoms with Crippen LogP contribution in [0.4, 0.5) is 8.78 Å². The number of aryl methyl sites for hydroxylation is 2. The van der Waals surface area contributed by atoms with Crippen LogP contribution in [0.15, 0.2) is 23.1 Å². The molecule has 0 amide bonds. The number of pyridine rings is 1. The first-order valence-corrected chi connectivity index (χ1v) is 9.12. The average molecular weight is 364 g/mol. The molecule has 0 aliphatic carbocycles. The minimum absolute atomic E-state index is 0.0758. The zero-order chi connectivity index (χ0) is 18.9. The fraction of sp³-hybridized carbons (Fsp3) is 0.550. The van der Waals surface area contributed by atoms with E-state index in [0.717, 1.165) is 55.1 Å². The van der Waals surface area contributed by atoms with E-state index in [9.17, 15) is 13.6 Å². The van der Waals surface area contributed by atoms with Gasteiger partial charge in [0.25, 0.3) is 5.56 Å². The molecule has 0 bridgehead atoms. The van der Waals surface area contributed by atoms with Crippen LogP contribution >= 0.6 is 0 Å². The number of aromatic amines is 1. The number of nitrogens with one attached hydrogen (secondary N) is 1. The maximum atomic E-state index is 13.0. The zero-order valence-corrected chi connectivity index (χ0v) is 15.6. The second-order valence-electron chi connectivity index (χ2n) is 7.44. The molecule has 1 aliphatic heterocycles. The van der Waals surface area contributed by atoms with Crippen LogP contribution in [0.3, 0.4) is 0 Å². The summed E-state index contributed by atoms with van der Waals surface area (Å²) in [6, 6.07) is 3.81. The number of aromatic nitrogens is 1. The molecule has 1 saturated heterocycles. The summed E-state index contributed by atoms with van der Waals surface area (Å²) in [5.41, 5.74) is 1.84. The number of alkyl halides is 2. The monoisotopic (exact) mass is 364 g/mol. The third-order valence-corrected chi connectivity index (χ3v) is 5.10. The van der Waals surface area contributed by atoms with Crippen molar-refractivity contribution in [1.82, 2.24) is 9.88 Å². The second-order valence-corrected chi connectivity index (χ2v) is 7.44. The van der Waals surface area contributed by atoms with Gasteiger partial charge < -0.3 is 14.6 Å². The lowest BCUT2D eigenvalue weighted by Gasteiger charge is -2.33. The van der Waals surface area contributed by atoms with E-state index in [1.165, 1.54) is 0 Å². The van der Waals surface area contributed by atoms with Crippen molar-refractivity contribution >= 4 is 10.8 Å². The molecule has 2 heterocycles. The third-order valence-electron chi connectivity index (χ3n) is 5.10. The third kappa shape index (κ3) is 4.41. The summed E-state index contributed by atoms with van der Waals surface area (Å²) in [5.74, 6) is -1.81. The Morgan fingerprint density at radius 1 is 1.19 bits per heavy atom. The van der Waals surface area contributed by atoms with E-state index in [0.29, 0.717) is 11.9 Å². The van der Waals surface area contributed by atoms with Crippen molar-refractivity contribution in [3.05, 3.63) is 39.8 Å². The standard InChI is InChI=1S/C20H26F2N2O2/c1-13-10-17-16(14(2)12-23-19(17)25)11-18(13)26-15-4-7-24(8-5-15)9-6-20(3,21)22/h10-12,15H,4-9H2,1-3H3,(H,23,25). The first-order valence-electron chi connectivity index (χ1n) is 9.12. The van der Waals surface area contributed by atoms with Gasteiger partial charge in [-0.15, -0.1) is 0 Å². The lowest BCUT2D eigenvalue weighted by Crippen LogP contribution is -2.39. The Kier molecular flexibility index (Phi) is 5.32. The van der Waals surface area contributed by atoms with E-state index in [2.05, 4.69) is 9.88 Å². The van der Waals surface area contributed by atoms with Crippen LogP contribution in [0.2, 0.25) is 0 Å². The molecule has 26 heavy (non-hydrogen) atoms. The maximum absolute atomic E-state index is 13.0. The van der Waals surface area contributed by atoms with E-state index in [4.69, 9.17) is 4.74 Å². The van der Waals surface area contributed by atoms with Crippen molar-refractivity contribution < 1.29 is 13.5 Å². The summed E-state index contributed by atoms with van der Waals surface area (Å²) in [7, 11) is 0. The largest absolute Gasteiger partial charge is 0.490 e. The average Bonchev–Trinajstić information content (AvgIpc) is 2.58.